The molecule has 0 bridgehead atoms. The zero-order valence-corrected chi connectivity index (χ0v) is 14.6. The van der Waals surface area contributed by atoms with E-state index in [0.717, 1.165) is 16.9 Å². The summed E-state index contributed by atoms with van der Waals surface area (Å²) in [5, 5.41) is 10.4. The van der Waals surface area contributed by atoms with Crippen LogP contribution in [0.1, 0.15) is 11.5 Å². The molecule has 1 aromatic carbocycles. The third kappa shape index (κ3) is 4.51. The third-order valence-corrected chi connectivity index (χ3v) is 3.62. The molecule has 2 heterocycles. The highest BCUT2D eigenvalue weighted by atomic mass is 32.1. The summed E-state index contributed by atoms with van der Waals surface area (Å²) in [4.78, 5) is 8.54. The lowest BCUT2D eigenvalue weighted by Gasteiger charge is -2.08. The predicted molar refractivity (Wildman–Crippen MR) is 98.3 cm³/mol. The SMILES string of the molecule is COc1ccc(-c2noc(CNC(=S)Nc3cc(C)ccn3)n2)cc1. The maximum atomic E-state index is 5.24. The number of benzene rings is 1. The van der Waals surface area contributed by atoms with Crippen molar-refractivity contribution in [2.75, 3.05) is 12.4 Å². The quantitative estimate of drug-likeness (QED) is 0.676. The first-order valence-electron chi connectivity index (χ1n) is 7.58. The molecule has 128 valence electrons. The van der Waals surface area contributed by atoms with Crippen LogP contribution in [-0.2, 0) is 6.54 Å². The predicted octanol–water partition coefficient (Wildman–Crippen LogP) is 2.94. The molecule has 0 aliphatic heterocycles. The van der Waals surface area contributed by atoms with E-state index in [-0.39, 0.29) is 0 Å². The summed E-state index contributed by atoms with van der Waals surface area (Å²) in [6.45, 7) is 2.31. The van der Waals surface area contributed by atoms with Gasteiger partial charge in [-0.15, -0.1) is 0 Å². The molecule has 0 aliphatic rings. The van der Waals surface area contributed by atoms with Crippen molar-refractivity contribution in [3.8, 4) is 17.1 Å². The molecule has 0 aliphatic carbocycles. The van der Waals surface area contributed by atoms with Crippen molar-refractivity contribution in [3.05, 3.63) is 54.0 Å². The summed E-state index contributed by atoms with van der Waals surface area (Å²) in [5.74, 6) is 2.41. The first-order valence-corrected chi connectivity index (χ1v) is 7.99. The molecule has 25 heavy (non-hydrogen) atoms. The van der Waals surface area contributed by atoms with Crippen molar-refractivity contribution in [2.24, 2.45) is 0 Å². The van der Waals surface area contributed by atoms with Crippen molar-refractivity contribution in [1.29, 1.82) is 0 Å². The Morgan fingerprint density at radius 3 is 2.76 bits per heavy atom. The van der Waals surface area contributed by atoms with Gasteiger partial charge in [0, 0.05) is 11.8 Å². The van der Waals surface area contributed by atoms with E-state index in [2.05, 4.69) is 25.8 Å². The number of rotatable bonds is 5. The normalized spacial score (nSPS) is 10.3. The number of hydrogen-bond donors (Lipinski definition) is 2. The number of nitrogens with one attached hydrogen (secondary N) is 2. The van der Waals surface area contributed by atoms with E-state index in [0.29, 0.717) is 29.2 Å². The zero-order chi connectivity index (χ0) is 17.6. The second-order valence-electron chi connectivity index (χ2n) is 5.27. The molecule has 0 fully saturated rings. The van der Waals surface area contributed by atoms with E-state index < -0.39 is 0 Å². The molecule has 2 aromatic heterocycles. The fraction of sp³-hybridized carbons (Fsp3) is 0.176. The summed E-state index contributed by atoms with van der Waals surface area (Å²) in [7, 11) is 1.62. The van der Waals surface area contributed by atoms with Crippen LogP contribution in [-0.4, -0.2) is 27.3 Å². The van der Waals surface area contributed by atoms with Crippen LogP contribution in [0.3, 0.4) is 0 Å². The second kappa shape index (κ2) is 7.71. The van der Waals surface area contributed by atoms with Crippen molar-refractivity contribution < 1.29 is 9.26 Å². The summed E-state index contributed by atoms with van der Waals surface area (Å²) >= 11 is 5.24. The zero-order valence-electron chi connectivity index (χ0n) is 13.8. The Hall–Kier alpha value is -3.00. The minimum Gasteiger partial charge on any atom is -0.497 e. The fourth-order valence-corrected chi connectivity index (χ4v) is 2.28. The van der Waals surface area contributed by atoms with Crippen LogP contribution < -0.4 is 15.4 Å². The lowest BCUT2D eigenvalue weighted by Crippen LogP contribution is -2.28. The molecular formula is C17H17N5O2S. The molecule has 3 aromatic rings. The van der Waals surface area contributed by atoms with E-state index in [1.165, 1.54) is 0 Å². The van der Waals surface area contributed by atoms with Gasteiger partial charge in [0.15, 0.2) is 5.11 Å². The minimum absolute atomic E-state index is 0.320. The maximum Gasteiger partial charge on any atom is 0.246 e. The lowest BCUT2D eigenvalue weighted by atomic mass is 10.2. The van der Waals surface area contributed by atoms with Gasteiger partial charge in [0.1, 0.15) is 11.6 Å². The minimum atomic E-state index is 0.320. The molecular weight excluding hydrogens is 338 g/mol. The molecule has 3 rings (SSSR count). The monoisotopic (exact) mass is 355 g/mol. The number of methoxy groups -OCH3 is 1. The number of hydrogen-bond acceptors (Lipinski definition) is 6. The van der Waals surface area contributed by atoms with Gasteiger partial charge in [-0.1, -0.05) is 5.16 Å². The van der Waals surface area contributed by atoms with Gasteiger partial charge in [-0.2, -0.15) is 4.98 Å². The number of aromatic nitrogens is 3. The topological polar surface area (TPSA) is 85.1 Å². The Morgan fingerprint density at radius 2 is 2.04 bits per heavy atom. The fourth-order valence-electron chi connectivity index (χ4n) is 2.10. The Labute approximate surface area is 150 Å². The van der Waals surface area contributed by atoms with Crippen LogP contribution in [0, 0.1) is 6.92 Å². The number of anilines is 1. The number of nitrogens with zero attached hydrogens (tertiary/aromatic N) is 3. The number of thiocarbonyl (C=S) groups is 1. The van der Waals surface area contributed by atoms with Gasteiger partial charge < -0.3 is 19.9 Å². The van der Waals surface area contributed by atoms with Gasteiger partial charge >= 0.3 is 0 Å². The number of pyridine rings is 1. The molecule has 0 atom stereocenters. The number of aryl methyl sites for hydroxylation is 1. The van der Waals surface area contributed by atoms with E-state index >= 15 is 0 Å². The molecule has 0 radical (unpaired) electrons. The van der Waals surface area contributed by atoms with Crippen LogP contribution in [0.2, 0.25) is 0 Å². The highest BCUT2D eigenvalue weighted by Gasteiger charge is 2.09. The maximum absolute atomic E-state index is 5.24. The largest absolute Gasteiger partial charge is 0.497 e. The van der Waals surface area contributed by atoms with Crippen LogP contribution in [0.5, 0.6) is 5.75 Å². The Balaban J connectivity index is 1.56. The number of ether oxygens (including phenoxy) is 1. The standard InChI is InChI=1S/C17H17N5O2S/c1-11-7-8-18-14(9-11)20-17(25)19-10-15-21-16(22-24-15)12-3-5-13(23-2)6-4-12/h3-9H,10H2,1-2H3,(H2,18,19,20,25). The van der Waals surface area contributed by atoms with E-state index in [1.54, 1.807) is 13.3 Å². The van der Waals surface area contributed by atoms with Gasteiger partial charge in [-0.05, 0) is 61.1 Å². The van der Waals surface area contributed by atoms with Crippen molar-refractivity contribution in [3.63, 3.8) is 0 Å². The molecule has 0 saturated carbocycles. The lowest BCUT2D eigenvalue weighted by molar-refractivity contribution is 0.376. The van der Waals surface area contributed by atoms with E-state index in [4.69, 9.17) is 21.5 Å². The molecule has 8 heteroatoms. The van der Waals surface area contributed by atoms with E-state index in [9.17, 15) is 0 Å². The third-order valence-electron chi connectivity index (χ3n) is 3.37. The van der Waals surface area contributed by atoms with Crippen LogP contribution in [0.4, 0.5) is 5.82 Å². The highest BCUT2D eigenvalue weighted by molar-refractivity contribution is 7.80. The van der Waals surface area contributed by atoms with Gasteiger partial charge in [-0.25, -0.2) is 4.98 Å². The van der Waals surface area contributed by atoms with Gasteiger partial charge in [-0.3, -0.25) is 0 Å². The molecule has 0 spiro atoms. The average molecular weight is 355 g/mol. The van der Waals surface area contributed by atoms with Crippen LogP contribution in [0.15, 0.2) is 47.1 Å². The van der Waals surface area contributed by atoms with Crippen LogP contribution in [0.25, 0.3) is 11.4 Å². The summed E-state index contributed by atoms with van der Waals surface area (Å²) in [6.07, 6.45) is 1.72. The summed E-state index contributed by atoms with van der Waals surface area (Å²) in [6, 6.07) is 11.3. The van der Waals surface area contributed by atoms with Crippen molar-refractivity contribution in [2.45, 2.75) is 13.5 Å². The Bertz CT molecular complexity index is 863. The van der Waals surface area contributed by atoms with Crippen LogP contribution >= 0.6 is 12.2 Å². The summed E-state index contributed by atoms with van der Waals surface area (Å²) < 4.78 is 10.4. The second-order valence-corrected chi connectivity index (χ2v) is 5.67. The molecule has 0 unspecified atom stereocenters. The van der Waals surface area contributed by atoms with Gasteiger partial charge in [0.25, 0.3) is 0 Å². The van der Waals surface area contributed by atoms with Gasteiger partial charge in [0.05, 0.1) is 13.7 Å². The average Bonchev–Trinajstić information content (AvgIpc) is 3.09. The highest BCUT2D eigenvalue weighted by Crippen LogP contribution is 2.19. The first kappa shape index (κ1) is 16.8. The van der Waals surface area contributed by atoms with Gasteiger partial charge in [0.2, 0.25) is 11.7 Å². The molecule has 0 saturated heterocycles. The molecule has 0 amide bonds. The molecule has 7 nitrogen and oxygen atoms in total. The smallest absolute Gasteiger partial charge is 0.246 e. The Kier molecular flexibility index (Phi) is 5.20. The van der Waals surface area contributed by atoms with E-state index in [1.807, 2.05) is 43.3 Å². The first-order chi connectivity index (χ1) is 12.1. The summed E-state index contributed by atoms with van der Waals surface area (Å²) in [5.41, 5.74) is 1.95. The Morgan fingerprint density at radius 1 is 1.24 bits per heavy atom. The van der Waals surface area contributed by atoms with Crippen molar-refractivity contribution >= 4 is 23.1 Å². The molecule has 2 N–H and O–H groups in total. The van der Waals surface area contributed by atoms with Crippen molar-refractivity contribution in [1.82, 2.24) is 20.4 Å².